The van der Waals surface area contributed by atoms with Crippen molar-refractivity contribution in [3.05, 3.63) is 0 Å². The van der Waals surface area contributed by atoms with Gasteiger partial charge >= 0.3 is 0 Å². The normalized spacial score (nSPS) is 26.3. The molecule has 1 rings (SSSR count). The Morgan fingerprint density at radius 3 is 2.67 bits per heavy atom. The zero-order valence-corrected chi connectivity index (χ0v) is 8.65. The Morgan fingerprint density at radius 2 is 2.08 bits per heavy atom. The van der Waals surface area contributed by atoms with Crippen molar-refractivity contribution in [1.82, 2.24) is 5.32 Å². The highest BCUT2D eigenvalue weighted by Gasteiger charge is 2.25. The van der Waals surface area contributed by atoms with Crippen molar-refractivity contribution in [2.75, 3.05) is 13.1 Å². The molecule has 1 unspecified atom stereocenters. The van der Waals surface area contributed by atoms with Crippen molar-refractivity contribution in [2.24, 2.45) is 10.4 Å². The lowest BCUT2D eigenvalue weighted by Gasteiger charge is -2.30. The summed E-state index contributed by atoms with van der Waals surface area (Å²) < 4.78 is 0. The van der Waals surface area contributed by atoms with E-state index in [1.807, 2.05) is 0 Å². The Balaban J connectivity index is 2.61. The predicted molar refractivity (Wildman–Crippen MR) is 53.8 cm³/mol. The molecule has 12 heavy (non-hydrogen) atoms. The molecule has 0 saturated carbocycles. The van der Waals surface area contributed by atoms with Crippen LogP contribution in [-0.2, 0) is 0 Å². The van der Waals surface area contributed by atoms with Gasteiger partial charge in [-0.3, -0.25) is 4.99 Å². The van der Waals surface area contributed by atoms with Crippen molar-refractivity contribution in [3.63, 3.8) is 0 Å². The van der Waals surface area contributed by atoms with Crippen molar-refractivity contribution in [1.29, 1.82) is 0 Å². The molecular weight excluding hydrogens is 148 g/mol. The number of rotatable bonds is 0. The van der Waals surface area contributed by atoms with Crippen LogP contribution in [0.1, 0.15) is 34.1 Å². The van der Waals surface area contributed by atoms with Crippen LogP contribution < -0.4 is 5.32 Å². The Labute approximate surface area is 75.5 Å². The number of aliphatic imine (C=N–C) groups is 1. The van der Waals surface area contributed by atoms with E-state index >= 15 is 0 Å². The molecule has 0 amide bonds. The van der Waals surface area contributed by atoms with Crippen LogP contribution in [0.5, 0.6) is 0 Å². The zero-order valence-electron chi connectivity index (χ0n) is 8.65. The third-order valence-electron chi connectivity index (χ3n) is 2.43. The first kappa shape index (κ1) is 9.72. The fourth-order valence-corrected chi connectivity index (χ4v) is 1.53. The summed E-state index contributed by atoms with van der Waals surface area (Å²) in [4.78, 5) is 4.44. The lowest BCUT2D eigenvalue weighted by atomic mass is 9.84. The molecule has 0 bridgehead atoms. The van der Waals surface area contributed by atoms with Crippen LogP contribution in [-0.4, -0.2) is 24.8 Å². The van der Waals surface area contributed by atoms with Crippen molar-refractivity contribution < 1.29 is 0 Å². The lowest BCUT2D eigenvalue weighted by molar-refractivity contribution is 0.280. The number of hydrogen-bond donors (Lipinski definition) is 1. The van der Waals surface area contributed by atoms with E-state index in [1.165, 1.54) is 5.71 Å². The van der Waals surface area contributed by atoms with Gasteiger partial charge in [-0.25, -0.2) is 0 Å². The van der Waals surface area contributed by atoms with Gasteiger partial charge in [0.25, 0.3) is 0 Å². The van der Waals surface area contributed by atoms with Gasteiger partial charge in [0.2, 0.25) is 0 Å². The van der Waals surface area contributed by atoms with Crippen LogP contribution in [0.3, 0.4) is 0 Å². The van der Waals surface area contributed by atoms with E-state index in [9.17, 15) is 0 Å². The first-order valence-electron chi connectivity index (χ1n) is 4.73. The van der Waals surface area contributed by atoms with Gasteiger partial charge in [0, 0.05) is 24.7 Å². The SMILES string of the molecule is CC1=NCCNC(C(C)(C)C)C1. The number of nitrogens with one attached hydrogen (secondary N) is 1. The molecule has 1 aliphatic heterocycles. The molecule has 1 atom stereocenters. The van der Waals surface area contributed by atoms with E-state index in [4.69, 9.17) is 0 Å². The van der Waals surface area contributed by atoms with Gasteiger partial charge in [-0.05, 0) is 12.3 Å². The highest BCUT2D eigenvalue weighted by atomic mass is 15.0. The predicted octanol–water partition coefficient (Wildman–Crippen LogP) is 1.86. The summed E-state index contributed by atoms with van der Waals surface area (Å²) in [5, 5.41) is 3.54. The molecule has 0 radical (unpaired) electrons. The minimum absolute atomic E-state index is 0.348. The monoisotopic (exact) mass is 168 g/mol. The summed E-state index contributed by atoms with van der Waals surface area (Å²) in [6, 6.07) is 0.587. The average molecular weight is 168 g/mol. The summed E-state index contributed by atoms with van der Waals surface area (Å²) in [6.45, 7) is 10.9. The molecule has 0 fully saturated rings. The van der Waals surface area contributed by atoms with Crippen LogP contribution in [0.2, 0.25) is 0 Å². The molecule has 0 aromatic heterocycles. The maximum atomic E-state index is 4.44. The van der Waals surface area contributed by atoms with Crippen molar-refractivity contribution >= 4 is 5.71 Å². The minimum Gasteiger partial charge on any atom is -0.311 e. The van der Waals surface area contributed by atoms with Gasteiger partial charge in [0.15, 0.2) is 0 Å². The molecule has 0 spiro atoms. The Bertz CT molecular complexity index is 177. The van der Waals surface area contributed by atoms with Crippen LogP contribution >= 0.6 is 0 Å². The van der Waals surface area contributed by atoms with E-state index in [-0.39, 0.29) is 0 Å². The second-order valence-corrected chi connectivity index (χ2v) is 4.69. The van der Waals surface area contributed by atoms with Crippen LogP contribution in [0.4, 0.5) is 0 Å². The van der Waals surface area contributed by atoms with E-state index in [0.29, 0.717) is 11.5 Å². The smallest absolute Gasteiger partial charge is 0.0513 e. The average Bonchev–Trinajstić information content (AvgIpc) is 2.11. The Morgan fingerprint density at radius 1 is 1.42 bits per heavy atom. The molecule has 0 aromatic carbocycles. The van der Waals surface area contributed by atoms with E-state index in [1.54, 1.807) is 0 Å². The topological polar surface area (TPSA) is 24.4 Å². The molecule has 0 aliphatic carbocycles. The van der Waals surface area contributed by atoms with Gasteiger partial charge in [0.05, 0.1) is 6.54 Å². The van der Waals surface area contributed by atoms with E-state index < -0.39 is 0 Å². The Kier molecular flexibility index (Phi) is 2.89. The first-order valence-corrected chi connectivity index (χ1v) is 4.73. The fourth-order valence-electron chi connectivity index (χ4n) is 1.53. The molecular formula is C10H20N2. The molecule has 0 aromatic rings. The third-order valence-corrected chi connectivity index (χ3v) is 2.43. The first-order chi connectivity index (χ1) is 5.50. The molecule has 2 heteroatoms. The van der Waals surface area contributed by atoms with Crippen molar-refractivity contribution in [3.8, 4) is 0 Å². The largest absolute Gasteiger partial charge is 0.311 e. The Hall–Kier alpha value is -0.370. The van der Waals surface area contributed by atoms with Gasteiger partial charge in [-0.1, -0.05) is 20.8 Å². The number of nitrogens with zero attached hydrogens (tertiary/aromatic N) is 1. The second kappa shape index (κ2) is 3.56. The lowest BCUT2D eigenvalue weighted by Crippen LogP contribution is -2.41. The maximum absolute atomic E-state index is 4.44. The molecule has 1 N–H and O–H groups in total. The molecule has 0 saturated heterocycles. The van der Waals surface area contributed by atoms with E-state index in [2.05, 4.69) is 38.0 Å². The van der Waals surface area contributed by atoms with Crippen LogP contribution in [0.25, 0.3) is 0 Å². The molecule has 2 nitrogen and oxygen atoms in total. The quantitative estimate of drug-likeness (QED) is 0.586. The van der Waals surface area contributed by atoms with E-state index in [0.717, 1.165) is 19.5 Å². The second-order valence-electron chi connectivity index (χ2n) is 4.69. The molecule has 70 valence electrons. The summed E-state index contributed by atoms with van der Waals surface area (Å²) in [5.74, 6) is 0. The zero-order chi connectivity index (χ0) is 9.19. The minimum atomic E-state index is 0.348. The third kappa shape index (κ3) is 2.59. The number of hydrogen-bond acceptors (Lipinski definition) is 2. The van der Waals surface area contributed by atoms with Gasteiger partial charge in [-0.15, -0.1) is 0 Å². The van der Waals surface area contributed by atoms with Crippen LogP contribution in [0, 0.1) is 5.41 Å². The van der Waals surface area contributed by atoms with Crippen LogP contribution in [0.15, 0.2) is 4.99 Å². The summed E-state index contributed by atoms with van der Waals surface area (Å²) in [7, 11) is 0. The highest BCUT2D eigenvalue weighted by molar-refractivity contribution is 5.82. The van der Waals surface area contributed by atoms with Gasteiger partial charge in [0.1, 0.15) is 0 Å². The highest BCUT2D eigenvalue weighted by Crippen LogP contribution is 2.22. The molecule has 1 heterocycles. The summed E-state index contributed by atoms with van der Waals surface area (Å²) in [6.07, 6.45) is 1.10. The molecule has 1 aliphatic rings. The van der Waals surface area contributed by atoms with Gasteiger partial charge in [-0.2, -0.15) is 0 Å². The fraction of sp³-hybridized carbons (Fsp3) is 0.900. The maximum Gasteiger partial charge on any atom is 0.0513 e. The standard InChI is InChI=1S/C10H20N2/c1-8-7-9(10(2,3)4)12-6-5-11-8/h9,12H,5-7H2,1-4H3. The summed E-state index contributed by atoms with van der Waals surface area (Å²) in [5.41, 5.74) is 1.64. The van der Waals surface area contributed by atoms with Crippen molar-refractivity contribution in [2.45, 2.75) is 40.2 Å². The summed E-state index contributed by atoms with van der Waals surface area (Å²) >= 11 is 0. The van der Waals surface area contributed by atoms with Gasteiger partial charge < -0.3 is 5.32 Å².